The molecule has 1 aromatic heterocycles. The lowest BCUT2D eigenvalue weighted by Crippen LogP contribution is -2.50. The summed E-state index contributed by atoms with van der Waals surface area (Å²) in [4.78, 5) is 20.0. The Morgan fingerprint density at radius 3 is 2.86 bits per heavy atom. The maximum atomic E-state index is 13.8. The van der Waals surface area contributed by atoms with Crippen LogP contribution in [0.5, 0.6) is 0 Å². The molecule has 3 unspecified atom stereocenters. The third kappa shape index (κ3) is 2.69. The highest BCUT2D eigenvalue weighted by molar-refractivity contribution is 5.92. The van der Waals surface area contributed by atoms with Gasteiger partial charge in [0.25, 0.3) is 0 Å². The van der Waals surface area contributed by atoms with Gasteiger partial charge >= 0.3 is 5.97 Å². The van der Waals surface area contributed by atoms with Crippen LogP contribution in [-0.4, -0.2) is 69.0 Å². The van der Waals surface area contributed by atoms with E-state index in [1.54, 1.807) is 14.2 Å². The van der Waals surface area contributed by atoms with Crippen molar-refractivity contribution < 1.29 is 19.0 Å². The van der Waals surface area contributed by atoms with Crippen molar-refractivity contribution >= 4 is 16.9 Å². The number of piperidine rings is 1. The number of nitrogens with one attached hydrogen (secondary N) is 1. The number of esters is 1. The normalized spacial score (nSPS) is 32.3. The Hall–Kier alpha value is -1.89. The molecule has 1 aromatic carbocycles. The van der Waals surface area contributed by atoms with E-state index in [0.717, 1.165) is 50.2 Å². The molecule has 29 heavy (non-hydrogen) atoms. The van der Waals surface area contributed by atoms with Crippen molar-refractivity contribution in [2.24, 2.45) is 11.8 Å². The molecule has 2 aliphatic heterocycles. The number of hydrogen-bond acceptors (Lipinski definition) is 5. The largest absolute Gasteiger partial charge is 0.462 e. The number of hydrogen-bond donors (Lipinski definition) is 1. The van der Waals surface area contributed by atoms with E-state index in [-0.39, 0.29) is 17.9 Å². The van der Waals surface area contributed by atoms with Gasteiger partial charge in [-0.2, -0.15) is 0 Å². The maximum Gasteiger partial charge on any atom is 0.320 e. The van der Waals surface area contributed by atoms with Gasteiger partial charge in [0.2, 0.25) is 0 Å². The summed E-state index contributed by atoms with van der Waals surface area (Å²) < 4.78 is 16.4. The Labute approximate surface area is 171 Å². The first-order valence-corrected chi connectivity index (χ1v) is 10.7. The molecule has 1 saturated carbocycles. The second-order valence-electron chi connectivity index (χ2n) is 8.69. The summed E-state index contributed by atoms with van der Waals surface area (Å²) in [5.74, 6) is 0.638. The summed E-state index contributed by atoms with van der Waals surface area (Å²) >= 11 is 0. The number of benzene rings is 1. The first-order valence-electron chi connectivity index (χ1n) is 10.7. The van der Waals surface area contributed by atoms with Gasteiger partial charge in [0.05, 0.1) is 6.61 Å². The van der Waals surface area contributed by atoms with Crippen LogP contribution in [0.15, 0.2) is 24.3 Å². The molecule has 3 aliphatic rings. The lowest BCUT2D eigenvalue weighted by molar-refractivity contribution is -0.154. The van der Waals surface area contributed by atoms with E-state index >= 15 is 0 Å². The maximum absolute atomic E-state index is 13.8. The molecule has 5 atom stereocenters. The van der Waals surface area contributed by atoms with Crippen molar-refractivity contribution in [1.82, 2.24) is 9.88 Å². The van der Waals surface area contributed by atoms with Crippen molar-refractivity contribution in [2.45, 2.75) is 30.7 Å². The summed E-state index contributed by atoms with van der Waals surface area (Å²) in [5.41, 5.74) is 2.91. The number of ether oxygens (including phenoxy) is 3. The quantitative estimate of drug-likeness (QED) is 0.574. The number of methoxy groups -OCH3 is 2. The first kappa shape index (κ1) is 19.1. The number of H-pyrrole nitrogens is 1. The minimum absolute atomic E-state index is 0.0818. The Kier molecular flexibility index (Phi) is 4.88. The molecule has 1 N–H and O–H groups in total. The van der Waals surface area contributed by atoms with E-state index in [9.17, 15) is 4.79 Å². The Morgan fingerprint density at radius 1 is 1.21 bits per heavy atom. The molecule has 4 bridgehead atoms. The van der Waals surface area contributed by atoms with E-state index < -0.39 is 5.41 Å². The van der Waals surface area contributed by atoms with E-state index in [4.69, 9.17) is 14.2 Å². The summed E-state index contributed by atoms with van der Waals surface area (Å²) in [5, 5.41) is 1.24. The van der Waals surface area contributed by atoms with Crippen molar-refractivity contribution in [3.8, 4) is 0 Å². The lowest BCUT2D eigenvalue weighted by atomic mass is 9.73. The molecule has 6 nitrogen and oxygen atoms in total. The summed E-state index contributed by atoms with van der Waals surface area (Å²) in [6.07, 6.45) is 3.00. The van der Waals surface area contributed by atoms with Gasteiger partial charge in [-0.15, -0.1) is 0 Å². The van der Waals surface area contributed by atoms with E-state index in [1.807, 2.05) is 0 Å². The SMILES string of the molecule is COCCOC(=O)[C@@]12c3[nH]c4ccccc4c3CCN3C[C@H]1CC(CCOC)C32. The molecule has 1 saturated heterocycles. The molecular formula is C23H30N2O4. The number of para-hydroxylation sites is 1. The van der Waals surface area contributed by atoms with Crippen LogP contribution in [0.25, 0.3) is 10.9 Å². The zero-order chi connectivity index (χ0) is 20.0. The summed E-state index contributed by atoms with van der Waals surface area (Å²) in [6.45, 7) is 3.42. The van der Waals surface area contributed by atoms with Crippen LogP contribution in [0.4, 0.5) is 0 Å². The zero-order valence-corrected chi connectivity index (χ0v) is 17.3. The molecule has 3 heterocycles. The predicted octanol–water partition coefficient (Wildman–Crippen LogP) is 2.51. The standard InChI is InChI=1S/C23H30N2O4/c1-27-10-8-15-13-16-14-25-9-7-18-17-5-3-4-6-19(17)24-20(18)23(16,21(15)25)22(26)29-12-11-28-2/h3-6,15-16,21,24H,7-14H2,1-2H3/t15?,16-,21?,23-/m1/s1. The lowest BCUT2D eigenvalue weighted by Gasteiger charge is -2.35. The molecule has 1 aliphatic carbocycles. The van der Waals surface area contributed by atoms with Crippen molar-refractivity contribution in [1.29, 1.82) is 0 Å². The zero-order valence-electron chi connectivity index (χ0n) is 17.3. The van der Waals surface area contributed by atoms with Crippen molar-refractivity contribution in [3.05, 3.63) is 35.5 Å². The molecule has 0 radical (unpaired) electrons. The highest BCUT2D eigenvalue weighted by atomic mass is 16.6. The highest BCUT2D eigenvalue weighted by Gasteiger charge is 2.69. The van der Waals surface area contributed by atoms with Gasteiger partial charge in [0.15, 0.2) is 0 Å². The smallest absolute Gasteiger partial charge is 0.320 e. The van der Waals surface area contributed by atoms with Gasteiger partial charge in [-0.3, -0.25) is 9.69 Å². The highest BCUT2D eigenvalue weighted by Crippen LogP contribution is 2.59. The van der Waals surface area contributed by atoms with Gasteiger partial charge in [-0.1, -0.05) is 18.2 Å². The number of carbonyl (C=O) groups excluding carboxylic acids is 1. The number of fused-ring (bicyclic) bond motifs is 3. The fourth-order valence-electron chi connectivity index (χ4n) is 6.42. The molecule has 2 fully saturated rings. The number of rotatable bonds is 7. The average molecular weight is 399 g/mol. The van der Waals surface area contributed by atoms with E-state index in [2.05, 4.69) is 34.1 Å². The van der Waals surface area contributed by atoms with Gasteiger partial charge in [-0.25, -0.2) is 0 Å². The van der Waals surface area contributed by atoms with Crippen LogP contribution < -0.4 is 0 Å². The second kappa shape index (κ2) is 7.42. The molecule has 0 spiro atoms. The van der Waals surface area contributed by atoms with Gasteiger partial charge in [-0.05, 0) is 42.7 Å². The van der Waals surface area contributed by atoms with Crippen LogP contribution in [0, 0.1) is 11.8 Å². The molecule has 156 valence electrons. The molecule has 2 aromatic rings. The van der Waals surface area contributed by atoms with E-state index in [0.29, 0.717) is 19.1 Å². The second-order valence-corrected chi connectivity index (χ2v) is 8.69. The average Bonchev–Trinajstić information content (AvgIpc) is 3.32. The van der Waals surface area contributed by atoms with Crippen LogP contribution in [0.1, 0.15) is 24.1 Å². The topological polar surface area (TPSA) is 63.8 Å². The fraction of sp³-hybridized carbons (Fsp3) is 0.609. The summed E-state index contributed by atoms with van der Waals surface area (Å²) in [7, 11) is 3.39. The molecule has 5 rings (SSSR count). The van der Waals surface area contributed by atoms with Crippen molar-refractivity contribution in [2.75, 3.05) is 47.1 Å². The van der Waals surface area contributed by atoms with Gasteiger partial charge in [0, 0.05) is 56.6 Å². The van der Waals surface area contributed by atoms with Gasteiger partial charge in [0.1, 0.15) is 12.0 Å². The minimum Gasteiger partial charge on any atom is -0.462 e. The number of nitrogens with zero attached hydrogens (tertiary/aromatic N) is 1. The molecule has 0 amide bonds. The van der Waals surface area contributed by atoms with Gasteiger partial charge < -0.3 is 19.2 Å². The predicted molar refractivity (Wildman–Crippen MR) is 110 cm³/mol. The Morgan fingerprint density at radius 2 is 2.03 bits per heavy atom. The Balaban J connectivity index is 1.64. The number of aromatic amines is 1. The van der Waals surface area contributed by atoms with Crippen LogP contribution in [0.2, 0.25) is 0 Å². The molecular weight excluding hydrogens is 368 g/mol. The Bertz CT molecular complexity index is 909. The number of carbonyl (C=O) groups is 1. The van der Waals surface area contributed by atoms with Crippen LogP contribution >= 0.6 is 0 Å². The third-order valence-electron chi connectivity index (χ3n) is 7.42. The number of aromatic nitrogens is 1. The first-order chi connectivity index (χ1) is 14.2. The molecule has 6 heteroatoms. The van der Waals surface area contributed by atoms with Crippen LogP contribution in [0.3, 0.4) is 0 Å². The third-order valence-corrected chi connectivity index (χ3v) is 7.42. The van der Waals surface area contributed by atoms with E-state index in [1.165, 1.54) is 10.9 Å². The van der Waals surface area contributed by atoms with Crippen LogP contribution in [-0.2, 0) is 30.8 Å². The minimum atomic E-state index is -0.614. The monoisotopic (exact) mass is 398 g/mol. The fourth-order valence-corrected chi connectivity index (χ4v) is 6.42. The summed E-state index contributed by atoms with van der Waals surface area (Å²) in [6, 6.07) is 8.60. The van der Waals surface area contributed by atoms with Crippen molar-refractivity contribution in [3.63, 3.8) is 0 Å².